The van der Waals surface area contributed by atoms with Crippen LogP contribution in [0, 0.1) is 6.92 Å². The Morgan fingerprint density at radius 2 is 2.11 bits per heavy atom. The molecule has 3 heteroatoms. The molecule has 1 aromatic carbocycles. The standard InChI is InChI=1S/C15H22N2S/c1-3-4-5-9-17-14-7-6-12(2)11-13(14)16-15(17)8-10-18/h6-7,11,18H,3-5,8-10H2,1-2H3. The predicted octanol–water partition coefficient (Wildman–Crippen LogP) is 4.01. The summed E-state index contributed by atoms with van der Waals surface area (Å²) < 4.78 is 2.38. The number of thiol groups is 1. The molecule has 0 saturated heterocycles. The van der Waals surface area contributed by atoms with Crippen LogP contribution in [0.15, 0.2) is 18.2 Å². The highest BCUT2D eigenvalue weighted by atomic mass is 32.1. The minimum atomic E-state index is 0.857. The van der Waals surface area contributed by atoms with Crippen LogP contribution in [0.4, 0.5) is 0 Å². The molecule has 0 spiro atoms. The number of rotatable bonds is 6. The molecule has 0 aliphatic carbocycles. The van der Waals surface area contributed by atoms with E-state index in [1.54, 1.807) is 0 Å². The molecule has 0 aliphatic heterocycles. The molecular formula is C15H22N2S. The molecule has 1 heterocycles. The first-order valence-electron chi connectivity index (χ1n) is 6.83. The summed E-state index contributed by atoms with van der Waals surface area (Å²) in [5, 5.41) is 0. The van der Waals surface area contributed by atoms with E-state index in [9.17, 15) is 0 Å². The lowest BCUT2D eigenvalue weighted by molar-refractivity contribution is 0.594. The summed E-state index contributed by atoms with van der Waals surface area (Å²) in [6.07, 6.45) is 4.72. The Kier molecular flexibility index (Phi) is 4.70. The molecule has 2 aromatic rings. The van der Waals surface area contributed by atoms with E-state index in [-0.39, 0.29) is 0 Å². The van der Waals surface area contributed by atoms with Crippen molar-refractivity contribution in [3.05, 3.63) is 29.6 Å². The first-order valence-corrected chi connectivity index (χ1v) is 7.46. The number of hydrogen-bond donors (Lipinski definition) is 1. The second-order valence-electron chi connectivity index (χ2n) is 4.85. The van der Waals surface area contributed by atoms with Crippen LogP contribution in [0.25, 0.3) is 11.0 Å². The molecule has 0 fully saturated rings. The van der Waals surface area contributed by atoms with Crippen LogP contribution in [0.2, 0.25) is 0 Å². The average Bonchev–Trinajstić information content (AvgIpc) is 2.67. The van der Waals surface area contributed by atoms with Gasteiger partial charge in [-0.05, 0) is 36.8 Å². The maximum absolute atomic E-state index is 4.76. The van der Waals surface area contributed by atoms with E-state index in [1.165, 1.54) is 36.2 Å². The van der Waals surface area contributed by atoms with Gasteiger partial charge >= 0.3 is 0 Å². The Bertz CT molecular complexity index is 516. The molecule has 0 atom stereocenters. The molecule has 0 aliphatic rings. The third kappa shape index (κ3) is 2.89. The predicted molar refractivity (Wildman–Crippen MR) is 81.6 cm³/mol. The highest BCUT2D eigenvalue weighted by Crippen LogP contribution is 2.19. The van der Waals surface area contributed by atoms with E-state index in [0.29, 0.717) is 0 Å². The van der Waals surface area contributed by atoms with E-state index in [1.807, 2.05) is 0 Å². The lowest BCUT2D eigenvalue weighted by Crippen LogP contribution is -2.04. The molecule has 98 valence electrons. The third-order valence-electron chi connectivity index (χ3n) is 3.30. The fourth-order valence-electron chi connectivity index (χ4n) is 2.35. The first-order chi connectivity index (χ1) is 8.76. The van der Waals surface area contributed by atoms with Crippen LogP contribution >= 0.6 is 12.6 Å². The van der Waals surface area contributed by atoms with Crippen molar-refractivity contribution in [2.24, 2.45) is 0 Å². The van der Waals surface area contributed by atoms with E-state index < -0.39 is 0 Å². The van der Waals surface area contributed by atoms with Gasteiger partial charge in [-0.25, -0.2) is 4.98 Å². The molecule has 0 bridgehead atoms. The molecule has 0 unspecified atom stereocenters. The molecule has 0 saturated carbocycles. The van der Waals surface area contributed by atoms with Gasteiger partial charge in [-0.1, -0.05) is 25.8 Å². The number of aryl methyl sites for hydroxylation is 3. The number of hydrogen-bond acceptors (Lipinski definition) is 2. The van der Waals surface area contributed by atoms with Gasteiger partial charge in [0.1, 0.15) is 5.82 Å². The fourth-order valence-corrected chi connectivity index (χ4v) is 2.55. The van der Waals surface area contributed by atoms with Crippen molar-refractivity contribution in [3.8, 4) is 0 Å². The highest BCUT2D eigenvalue weighted by Gasteiger charge is 2.09. The van der Waals surface area contributed by atoms with Crippen molar-refractivity contribution in [3.63, 3.8) is 0 Å². The summed E-state index contributed by atoms with van der Waals surface area (Å²) in [6.45, 7) is 5.44. The van der Waals surface area contributed by atoms with Gasteiger partial charge in [-0.2, -0.15) is 12.6 Å². The van der Waals surface area contributed by atoms with Gasteiger partial charge in [0, 0.05) is 13.0 Å². The van der Waals surface area contributed by atoms with E-state index >= 15 is 0 Å². The minimum Gasteiger partial charge on any atom is -0.328 e. The van der Waals surface area contributed by atoms with Crippen LogP contribution in [-0.4, -0.2) is 15.3 Å². The zero-order valence-corrected chi connectivity index (χ0v) is 12.2. The van der Waals surface area contributed by atoms with Crippen LogP contribution in [0.1, 0.15) is 37.6 Å². The number of fused-ring (bicyclic) bond motifs is 1. The molecule has 2 rings (SSSR count). The molecule has 0 N–H and O–H groups in total. The first kappa shape index (κ1) is 13.5. The van der Waals surface area contributed by atoms with E-state index in [0.717, 1.165) is 24.2 Å². The summed E-state index contributed by atoms with van der Waals surface area (Å²) in [5.74, 6) is 2.04. The second-order valence-corrected chi connectivity index (χ2v) is 5.30. The van der Waals surface area contributed by atoms with Crippen molar-refractivity contribution >= 4 is 23.7 Å². The minimum absolute atomic E-state index is 0.857. The Labute approximate surface area is 115 Å². The lowest BCUT2D eigenvalue weighted by Gasteiger charge is -2.08. The van der Waals surface area contributed by atoms with Gasteiger partial charge < -0.3 is 4.57 Å². The SMILES string of the molecule is CCCCCn1c(CCS)nc2cc(C)ccc21. The van der Waals surface area contributed by atoms with Crippen molar-refractivity contribution in [1.29, 1.82) is 0 Å². The molecule has 2 nitrogen and oxygen atoms in total. The molecule has 1 aromatic heterocycles. The molecule has 18 heavy (non-hydrogen) atoms. The van der Waals surface area contributed by atoms with Crippen molar-refractivity contribution in [2.45, 2.75) is 46.1 Å². The summed E-state index contributed by atoms with van der Waals surface area (Å²) in [7, 11) is 0. The zero-order chi connectivity index (χ0) is 13.0. The zero-order valence-electron chi connectivity index (χ0n) is 11.3. The van der Waals surface area contributed by atoms with Crippen molar-refractivity contribution in [1.82, 2.24) is 9.55 Å². The number of imidazole rings is 1. The summed E-state index contributed by atoms with van der Waals surface area (Å²) >= 11 is 4.34. The van der Waals surface area contributed by atoms with Crippen LogP contribution in [-0.2, 0) is 13.0 Å². The smallest absolute Gasteiger partial charge is 0.110 e. The third-order valence-corrected chi connectivity index (χ3v) is 3.53. The summed E-state index contributed by atoms with van der Waals surface area (Å²) in [6, 6.07) is 6.55. The maximum atomic E-state index is 4.76. The monoisotopic (exact) mass is 262 g/mol. The van der Waals surface area contributed by atoms with Gasteiger partial charge in [-0.15, -0.1) is 0 Å². The fraction of sp³-hybridized carbons (Fsp3) is 0.533. The molecule has 0 amide bonds. The largest absolute Gasteiger partial charge is 0.328 e. The van der Waals surface area contributed by atoms with Gasteiger partial charge in [-0.3, -0.25) is 0 Å². The quantitative estimate of drug-likeness (QED) is 0.615. The van der Waals surface area contributed by atoms with Crippen LogP contribution < -0.4 is 0 Å². The molecule has 0 radical (unpaired) electrons. The van der Waals surface area contributed by atoms with Gasteiger partial charge in [0.25, 0.3) is 0 Å². The van der Waals surface area contributed by atoms with E-state index in [2.05, 4.69) is 49.2 Å². The maximum Gasteiger partial charge on any atom is 0.110 e. The van der Waals surface area contributed by atoms with Gasteiger partial charge in [0.15, 0.2) is 0 Å². The van der Waals surface area contributed by atoms with Crippen molar-refractivity contribution < 1.29 is 0 Å². The number of benzene rings is 1. The lowest BCUT2D eigenvalue weighted by atomic mass is 10.2. The Morgan fingerprint density at radius 1 is 1.28 bits per heavy atom. The van der Waals surface area contributed by atoms with Crippen molar-refractivity contribution in [2.75, 3.05) is 5.75 Å². The topological polar surface area (TPSA) is 17.8 Å². The summed E-state index contributed by atoms with van der Waals surface area (Å²) in [5.41, 5.74) is 3.68. The highest BCUT2D eigenvalue weighted by molar-refractivity contribution is 7.80. The number of aromatic nitrogens is 2. The van der Waals surface area contributed by atoms with Crippen LogP contribution in [0.5, 0.6) is 0 Å². The summed E-state index contributed by atoms with van der Waals surface area (Å²) in [4.78, 5) is 4.76. The number of unbranched alkanes of at least 4 members (excludes halogenated alkanes) is 2. The Balaban J connectivity index is 2.35. The molecular weight excluding hydrogens is 240 g/mol. The van der Waals surface area contributed by atoms with Crippen LogP contribution in [0.3, 0.4) is 0 Å². The Morgan fingerprint density at radius 3 is 2.83 bits per heavy atom. The Hall–Kier alpha value is -0.960. The number of nitrogens with zero attached hydrogens (tertiary/aromatic N) is 2. The second kappa shape index (κ2) is 6.28. The van der Waals surface area contributed by atoms with E-state index in [4.69, 9.17) is 4.98 Å². The van der Waals surface area contributed by atoms with Gasteiger partial charge in [0.05, 0.1) is 11.0 Å². The average molecular weight is 262 g/mol. The van der Waals surface area contributed by atoms with Gasteiger partial charge in [0.2, 0.25) is 0 Å². The normalized spacial score (nSPS) is 11.3.